The summed E-state index contributed by atoms with van der Waals surface area (Å²) >= 11 is 0. The lowest BCUT2D eigenvalue weighted by Gasteiger charge is -2.22. The molecule has 0 aliphatic carbocycles. The van der Waals surface area contributed by atoms with Crippen molar-refractivity contribution >= 4 is 21.9 Å². The van der Waals surface area contributed by atoms with Crippen molar-refractivity contribution in [3.8, 4) is 0 Å². The smallest absolute Gasteiger partial charge is 0.295 e. The van der Waals surface area contributed by atoms with E-state index < -0.39 is 10.1 Å². The maximum atomic E-state index is 10.9. The molecule has 0 saturated carbocycles. The number of hydrogen-bond donors (Lipinski definition) is 2. The van der Waals surface area contributed by atoms with Crippen LogP contribution in [0.3, 0.4) is 0 Å². The van der Waals surface area contributed by atoms with Crippen molar-refractivity contribution in [1.82, 2.24) is 0 Å². The Kier molecular flexibility index (Phi) is 5.43. The quantitative estimate of drug-likeness (QED) is 0.612. The van der Waals surface area contributed by atoms with Gasteiger partial charge in [0.05, 0.1) is 17.1 Å². The maximum Gasteiger partial charge on any atom is 0.295 e. The summed E-state index contributed by atoms with van der Waals surface area (Å²) in [5, 5.41) is 1.75. The molecule has 0 aromatic heterocycles. The lowest BCUT2D eigenvalue weighted by atomic mass is 10.1. The van der Waals surface area contributed by atoms with Crippen molar-refractivity contribution < 1.29 is 13.0 Å². The van der Waals surface area contributed by atoms with Crippen LogP contribution in [0, 0.1) is 20.8 Å². The second-order valence-corrected chi connectivity index (χ2v) is 7.17. The molecule has 24 heavy (non-hydrogen) atoms. The van der Waals surface area contributed by atoms with Crippen molar-refractivity contribution in [3.05, 3.63) is 64.7 Å². The standard InChI is InChI=1S/C9H10N2.C9H12O3S/c10-11-7-3-5-8-4-1-2-6-9(8)11;1-6-4-7(2)9(8(3)5-6)13(10,11)12/h1-6H,7,10H2;4-5H,1-3H3,(H,10,11,12). The summed E-state index contributed by atoms with van der Waals surface area (Å²) in [5.74, 6) is 5.73. The Morgan fingerprint density at radius 3 is 2.21 bits per heavy atom. The number of rotatable bonds is 1. The first-order chi connectivity index (χ1) is 11.2. The highest BCUT2D eigenvalue weighted by Gasteiger charge is 2.16. The third-order valence-electron chi connectivity index (χ3n) is 3.71. The summed E-state index contributed by atoms with van der Waals surface area (Å²) in [6.45, 7) is 6.02. The number of nitrogens with zero attached hydrogens (tertiary/aromatic N) is 1. The second-order valence-electron chi connectivity index (χ2n) is 5.82. The summed E-state index contributed by atoms with van der Waals surface area (Å²) in [4.78, 5) is 0.0260. The molecule has 0 saturated heterocycles. The Bertz CT molecular complexity index is 851. The zero-order valence-electron chi connectivity index (χ0n) is 14.0. The third kappa shape index (κ3) is 4.23. The Morgan fingerprint density at radius 1 is 1.08 bits per heavy atom. The van der Waals surface area contributed by atoms with E-state index in [2.05, 4.69) is 18.2 Å². The van der Waals surface area contributed by atoms with Gasteiger partial charge in [0.1, 0.15) is 0 Å². The normalized spacial score (nSPS) is 13.1. The summed E-state index contributed by atoms with van der Waals surface area (Å²) in [5.41, 5.74) is 4.46. The first kappa shape index (κ1) is 18.2. The summed E-state index contributed by atoms with van der Waals surface area (Å²) in [6.07, 6.45) is 4.15. The first-order valence-electron chi connectivity index (χ1n) is 7.53. The van der Waals surface area contributed by atoms with E-state index in [1.54, 1.807) is 31.0 Å². The number of anilines is 1. The van der Waals surface area contributed by atoms with E-state index in [-0.39, 0.29) is 4.90 Å². The van der Waals surface area contributed by atoms with Gasteiger partial charge in [-0.15, -0.1) is 0 Å². The fourth-order valence-corrected chi connectivity index (χ4v) is 3.79. The third-order valence-corrected chi connectivity index (χ3v) is 4.87. The zero-order valence-corrected chi connectivity index (χ0v) is 14.8. The van der Waals surface area contributed by atoms with Gasteiger partial charge in [-0.25, -0.2) is 5.84 Å². The van der Waals surface area contributed by atoms with E-state index in [1.807, 2.05) is 25.1 Å². The van der Waals surface area contributed by atoms with Crippen LogP contribution in [0.5, 0.6) is 0 Å². The largest absolute Gasteiger partial charge is 0.307 e. The molecule has 0 fully saturated rings. The Hall–Kier alpha value is -2.15. The van der Waals surface area contributed by atoms with E-state index >= 15 is 0 Å². The van der Waals surface area contributed by atoms with Crippen LogP contribution in [0.25, 0.3) is 6.08 Å². The molecule has 2 aromatic rings. The van der Waals surface area contributed by atoms with Gasteiger partial charge in [0.2, 0.25) is 0 Å². The van der Waals surface area contributed by atoms with Gasteiger partial charge in [0.15, 0.2) is 0 Å². The molecule has 5 nitrogen and oxygen atoms in total. The molecule has 128 valence electrons. The van der Waals surface area contributed by atoms with Crippen LogP contribution in [0.2, 0.25) is 0 Å². The zero-order chi connectivity index (χ0) is 17.9. The molecule has 0 radical (unpaired) electrons. The van der Waals surface area contributed by atoms with Gasteiger partial charge in [-0.3, -0.25) is 4.55 Å². The monoisotopic (exact) mass is 346 g/mol. The van der Waals surface area contributed by atoms with Crippen LogP contribution in [0.4, 0.5) is 5.69 Å². The predicted octanol–water partition coefficient (Wildman–Crippen LogP) is 3.25. The van der Waals surface area contributed by atoms with E-state index in [0.717, 1.165) is 17.8 Å². The number of fused-ring (bicyclic) bond motifs is 1. The van der Waals surface area contributed by atoms with Gasteiger partial charge in [-0.05, 0) is 43.5 Å². The molecule has 2 aromatic carbocycles. The summed E-state index contributed by atoms with van der Waals surface area (Å²) in [6, 6.07) is 11.6. The molecule has 0 spiro atoms. The fourth-order valence-electron chi connectivity index (χ4n) is 2.86. The van der Waals surface area contributed by atoms with Crippen molar-refractivity contribution in [3.63, 3.8) is 0 Å². The molecular weight excluding hydrogens is 324 g/mol. The van der Waals surface area contributed by atoms with Crippen molar-refractivity contribution in [1.29, 1.82) is 0 Å². The SMILES string of the molecule is Cc1cc(C)c(S(=O)(=O)O)c(C)c1.NN1CC=Cc2ccccc21. The topological polar surface area (TPSA) is 83.6 Å². The minimum absolute atomic E-state index is 0.0260. The molecule has 0 bridgehead atoms. The van der Waals surface area contributed by atoms with Crippen molar-refractivity contribution in [2.45, 2.75) is 25.7 Å². The fraction of sp³-hybridized carbons (Fsp3) is 0.222. The average molecular weight is 346 g/mol. The molecule has 1 aliphatic rings. The molecule has 3 N–H and O–H groups in total. The average Bonchev–Trinajstić information content (AvgIpc) is 2.46. The Labute approximate surface area is 143 Å². The maximum absolute atomic E-state index is 10.9. The van der Waals surface area contributed by atoms with Crippen LogP contribution >= 0.6 is 0 Å². The number of aryl methyl sites for hydroxylation is 3. The molecule has 6 heteroatoms. The molecule has 1 heterocycles. The highest BCUT2D eigenvalue weighted by molar-refractivity contribution is 7.86. The van der Waals surface area contributed by atoms with Crippen LogP contribution < -0.4 is 10.9 Å². The van der Waals surface area contributed by atoms with E-state index in [9.17, 15) is 8.42 Å². The summed E-state index contributed by atoms with van der Waals surface area (Å²) < 4.78 is 30.8. The first-order valence-corrected chi connectivity index (χ1v) is 8.97. The number of hydrogen-bond acceptors (Lipinski definition) is 4. The molecule has 0 unspecified atom stereocenters. The molecule has 0 amide bonds. The van der Waals surface area contributed by atoms with Crippen molar-refractivity contribution in [2.24, 2.45) is 5.84 Å². The number of benzene rings is 2. The van der Waals surface area contributed by atoms with Crippen LogP contribution in [0.15, 0.2) is 47.4 Å². The number of para-hydroxylation sites is 1. The Balaban J connectivity index is 0.000000175. The predicted molar refractivity (Wildman–Crippen MR) is 97.5 cm³/mol. The summed E-state index contributed by atoms with van der Waals surface area (Å²) in [7, 11) is -4.08. The number of nitrogens with two attached hydrogens (primary N) is 1. The van der Waals surface area contributed by atoms with Crippen LogP contribution in [-0.2, 0) is 10.1 Å². The molecule has 3 rings (SSSR count). The van der Waals surface area contributed by atoms with Gasteiger partial charge in [-0.1, -0.05) is 48.0 Å². The van der Waals surface area contributed by atoms with Gasteiger partial charge in [-0.2, -0.15) is 8.42 Å². The van der Waals surface area contributed by atoms with Gasteiger partial charge in [0, 0.05) is 0 Å². The van der Waals surface area contributed by atoms with E-state index in [4.69, 9.17) is 10.4 Å². The lowest BCUT2D eigenvalue weighted by Crippen LogP contribution is -2.32. The highest BCUT2D eigenvalue weighted by atomic mass is 32.2. The molecule has 1 aliphatic heterocycles. The van der Waals surface area contributed by atoms with E-state index in [0.29, 0.717) is 11.1 Å². The van der Waals surface area contributed by atoms with Crippen LogP contribution in [0.1, 0.15) is 22.3 Å². The second kappa shape index (κ2) is 7.17. The van der Waals surface area contributed by atoms with E-state index in [1.165, 1.54) is 5.56 Å². The van der Waals surface area contributed by atoms with Crippen molar-refractivity contribution in [2.75, 3.05) is 11.6 Å². The molecule has 0 atom stereocenters. The number of hydrazine groups is 1. The van der Waals surface area contributed by atoms with Gasteiger partial charge >= 0.3 is 0 Å². The highest BCUT2D eigenvalue weighted by Crippen LogP contribution is 2.22. The minimum Gasteiger partial charge on any atom is -0.307 e. The van der Waals surface area contributed by atoms with Gasteiger partial charge < -0.3 is 5.01 Å². The van der Waals surface area contributed by atoms with Crippen LogP contribution in [-0.4, -0.2) is 19.5 Å². The van der Waals surface area contributed by atoms with Gasteiger partial charge in [0.25, 0.3) is 10.1 Å². The molecular formula is C18H22N2O3S. The Morgan fingerprint density at radius 2 is 1.67 bits per heavy atom. The minimum atomic E-state index is -4.08. The lowest BCUT2D eigenvalue weighted by molar-refractivity contribution is 0.482.